The maximum absolute atomic E-state index is 12.1. The van der Waals surface area contributed by atoms with Crippen molar-refractivity contribution < 1.29 is 23.7 Å². The Morgan fingerprint density at radius 2 is 1.83 bits per heavy atom. The van der Waals surface area contributed by atoms with Gasteiger partial charge in [-0.1, -0.05) is 12.1 Å². The minimum Gasteiger partial charge on any atom is -0.497 e. The Morgan fingerprint density at radius 3 is 2.53 bits per heavy atom. The number of ether oxygens (including phenoxy) is 4. The summed E-state index contributed by atoms with van der Waals surface area (Å²) >= 11 is 0. The highest BCUT2D eigenvalue weighted by molar-refractivity contribution is 5.77. The topological polar surface area (TPSA) is 69.3 Å². The summed E-state index contributed by atoms with van der Waals surface area (Å²) < 4.78 is 21.3. The minimum atomic E-state index is -0.133. The molecule has 2 aromatic rings. The van der Waals surface area contributed by atoms with E-state index in [1.165, 1.54) is 12.7 Å². The molecule has 2 aromatic carbocycles. The van der Waals surface area contributed by atoms with Crippen LogP contribution in [0.15, 0.2) is 36.4 Å². The third-order valence-electron chi connectivity index (χ3n) is 5.40. The number of benzene rings is 2. The van der Waals surface area contributed by atoms with Crippen molar-refractivity contribution in [3.8, 4) is 17.2 Å². The number of rotatable bonds is 9. The average molecular weight is 415 g/mol. The summed E-state index contributed by atoms with van der Waals surface area (Å²) in [7, 11) is 6.47. The standard InChI is InChI=1S/C23H30N2O5/c1-27-15-23(26)24-13-20-19-12-22(30-4)21(29-3)11-17(19)8-9-25(20)14-16-6-5-7-18(10-16)28-2/h5-7,10-12,20H,8-9,13-15H2,1-4H3,(H,24,26)/t20-/m0/s1. The molecule has 162 valence electrons. The zero-order valence-corrected chi connectivity index (χ0v) is 18.1. The predicted molar refractivity (Wildman–Crippen MR) is 114 cm³/mol. The molecule has 1 aliphatic heterocycles. The van der Waals surface area contributed by atoms with Gasteiger partial charge in [-0.25, -0.2) is 0 Å². The zero-order chi connectivity index (χ0) is 21.5. The Morgan fingerprint density at radius 1 is 1.07 bits per heavy atom. The van der Waals surface area contributed by atoms with Crippen molar-refractivity contribution in [1.29, 1.82) is 0 Å². The van der Waals surface area contributed by atoms with E-state index in [4.69, 9.17) is 18.9 Å². The fraction of sp³-hybridized carbons (Fsp3) is 0.435. The molecule has 0 saturated heterocycles. The first-order chi connectivity index (χ1) is 14.6. The van der Waals surface area contributed by atoms with Gasteiger partial charge in [0, 0.05) is 26.7 Å². The van der Waals surface area contributed by atoms with Crippen molar-refractivity contribution in [1.82, 2.24) is 10.2 Å². The van der Waals surface area contributed by atoms with Crippen LogP contribution in [-0.2, 0) is 22.5 Å². The number of amides is 1. The van der Waals surface area contributed by atoms with E-state index in [-0.39, 0.29) is 18.6 Å². The molecule has 1 aliphatic rings. The Kier molecular flexibility index (Phi) is 7.54. The van der Waals surface area contributed by atoms with Crippen molar-refractivity contribution >= 4 is 5.91 Å². The molecule has 0 spiro atoms. The van der Waals surface area contributed by atoms with Crippen molar-refractivity contribution in [2.24, 2.45) is 0 Å². The molecule has 0 radical (unpaired) electrons. The fourth-order valence-corrected chi connectivity index (χ4v) is 3.91. The van der Waals surface area contributed by atoms with E-state index in [9.17, 15) is 4.79 Å². The number of carbonyl (C=O) groups is 1. The van der Waals surface area contributed by atoms with Crippen LogP contribution >= 0.6 is 0 Å². The van der Waals surface area contributed by atoms with E-state index in [1.54, 1.807) is 21.3 Å². The molecule has 7 heteroatoms. The number of carbonyl (C=O) groups excluding carboxylic acids is 1. The maximum Gasteiger partial charge on any atom is 0.246 e. The van der Waals surface area contributed by atoms with Crippen molar-refractivity contribution in [3.63, 3.8) is 0 Å². The van der Waals surface area contributed by atoms with E-state index in [2.05, 4.69) is 16.3 Å². The Labute approximate surface area is 177 Å². The van der Waals surface area contributed by atoms with Gasteiger partial charge >= 0.3 is 0 Å². The summed E-state index contributed by atoms with van der Waals surface area (Å²) in [5, 5.41) is 3.00. The minimum absolute atomic E-state index is 0.000522. The SMILES string of the molecule is COCC(=O)NC[C@H]1c2cc(OC)c(OC)cc2CCN1Cc1cccc(OC)c1. The van der Waals surface area contributed by atoms with Gasteiger partial charge in [-0.3, -0.25) is 9.69 Å². The molecular formula is C23H30N2O5. The van der Waals surface area contributed by atoms with Crippen LogP contribution < -0.4 is 19.5 Å². The van der Waals surface area contributed by atoms with Gasteiger partial charge in [-0.05, 0) is 47.4 Å². The van der Waals surface area contributed by atoms with E-state index in [0.717, 1.165) is 42.1 Å². The first-order valence-corrected chi connectivity index (χ1v) is 9.97. The Hall–Kier alpha value is -2.77. The number of hydrogen-bond donors (Lipinski definition) is 1. The number of hydrogen-bond acceptors (Lipinski definition) is 6. The van der Waals surface area contributed by atoms with Gasteiger partial charge in [0.05, 0.1) is 27.4 Å². The van der Waals surface area contributed by atoms with Gasteiger partial charge in [0.15, 0.2) is 11.5 Å². The van der Waals surface area contributed by atoms with Crippen LogP contribution in [0, 0.1) is 0 Å². The van der Waals surface area contributed by atoms with Gasteiger partial charge < -0.3 is 24.3 Å². The van der Waals surface area contributed by atoms with E-state index < -0.39 is 0 Å². The molecular weight excluding hydrogens is 384 g/mol. The third kappa shape index (κ3) is 5.04. The first-order valence-electron chi connectivity index (χ1n) is 9.97. The van der Waals surface area contributed by atoms with Crippen molar-refractivity contribution in [2.75, 3.05) is 48.1 Å². The number of methoxy groups -OCH3 is 4. The molecule has 0 aliphatic carbocycles. The highest BCUT2D eigenvalue weighted by Crippen LogP contribution is 2.38. The zero-order valence-electron chi connectivity index (χ0n) is 18.1. The summed E-state index contributed by atoms with van der Waals surface area (Å²) in [6, 6.07) is 12.1. The van der Waals surface area contributed by atoms with E-state index in [1.807, 2.05) is 30.3 Å². The van der Waals surface area contributed by atoms with Crippen LogP contribution in [0.5, 0.6) is 17.2 Å². The van der Waals surface area contributed by atoms with Crippen molar-refractivity contribution in [2.45, 2.75) is 19.0 Å². The molecule has 1 N–H and O–H groups in total. The molecule has 0 unspecified atom stereocenters. The molecule has 30 heavy (non-hydrogen) atoms. The molecule has 0 aromatic heterocycles. The molecule has 1 heterocycles. The summed E-state index contributed by atoms with van der Waals surface area (Å²) in [4.78, 5) is 14.4. The predicted octanol–water partition coefficient (Wildman–Crippen LogP) is 2.57. The van der Waals surface area contributed by atoms with Gasteiger partial charge in [0.1, 0.15) is 12.4 Å². The van der Waals surface area contributed by atoms with E-state index >= 15 is 0 Å². The van der Waals surface area contributed by atoms with E-state index in [0.29, 0.717) is 12.3 Å². The first kappa shape index (κ1) is 21.9. The quantitative estimate of drug-likeness (QED) is 0.680. The van der Waals surface area contributed by atoms with Gasteiger partial charge in [-0.15, -0.1) is 0 Å². The fourth-order valence-electron chi connectivity index (χ4n) is 3.91. The molecule has 0 fully saturated rings. The molecule has 7 nitrogen and oxygen atoms in total. The maximum atomic E-state index is 12.1. The second kappa shape index (κ2) is 10.3. The second-order valence-corrected chi connectivity index (χ2v) is 7.23. The van der Waals surface area contributed by atoms with Crippen LogP contribution in [0.25, 0.3) is 0 Å². The van der Waals surface area contributed by atoms with Crippen LogP contribution in [0.1, 0.15) is 22.7 Å². The van der Waals surface area contributed by atoms with Gasteiger partial charge in [0.2, 0.25) is 5.91 Å². The summed E-state index contributed by atoms with van der Waals surface area (Å²) in [6.45, 7) is 2.14. The summed E-state index contributed by atoms with van der Waals surface area (Å²) in [5.74, 6) is 2.11. The highest BCUT2D eigenvalue weighted by Gasteiger charge is 2.29. The molecule has 0 bridgehead atoms. The second-order valence-electron chi connectivity index (χ2n) is 7.23. The largest absolute Gasteiger partial charge is 0.497 e. The Balaban J connectivity index is 1.90. The molecule has 1 amide bonds. The number of nitrogens with one attached hydrogen (secondary N) is 1. The summed E-state index contributed by atoms with van der Waals surface area (Å²) in [5.41, 5.74) is 3.51. The molecule has 0 saturated carbocycles. The lowest BCUT2D eigenvalue weighted by Crippen LogP contribution is -2.42. The number of fused-ring (bicyclic) bond motifs is 1. The van der Waals surface area contributed by atoms with Gasteiger partial charge in [0.25, 0.3) is 0 Å². The number of nitrogens with zero attached hydrogens (tertiary/aromatic N) is 1. The lowest BCUT2D eigenvalue weighted by atomic mass is 9.91. The lowest BCUT2D eigenvalue weighted by molar-refractivity contribution is -0.125. The van der Waals surface area contributed by atoms with Crippen molar-refractivity contribution in [3.05, 3.63) is 53.1 Å². The van der Waals surface area contributed by atoms with Gasteiger partial charge in [-0.2, -0.15) is 0 Å². The van der Waals surface area contributed by atoms with Crippen LogP contribution in [0.4, 0.5) is 0 Å². The van der Waals surface area contributed by atoms with Crippen LogP contribution in [0.3, 0.4) is 0 Å². The Bertz CT molecular complexity index is 871. The lowest BCUT2D eigenvalue weighted by Gasteiger charge is -2.38. The summed E-state index contributed by atoms with van der Waals surface area (Å²) in [6.07, 6.45) is 0.891. The smallest absolute Gasteiger partial charge is 0.246 e. The normalized spacial score (nSPS) is 15.9. The monoisotopic (exact) mass is 414 g/mol. The van der Waals surface area contributed by atoms with Crippen LogP contribution in [-0.4, -0.2) is 58.9 Å². The molecule has 1 atom stereocenters. The third-order valence-corrected chi connectivity index (χ3v) is 5.40. The molecule has 3 rings (SSSR count). The van der Waals surface area contributed by atoms with Crippen LogP contribution in [0.2, 0.25) is 0 Å². The highest BCUT2D eigenvalue weighted by atomic mass is 16.5. The average Bonchev–Trinajstić information content (AvgIpc) is 2.77.